The molecule has 6 heteroatoms. The van der Waals surface area contributed by atoms with Gasteiger partial charge in [-0.3, -0.25) is 4.79 Å². The maximum atomic E-state index is 12.3. The summed E-state index contributed by atoms with van der Waals surface area (Å²) in [4.78, 5) is 12.3. The van der Waals surface area contributed by atoms with Crippen molar-refractivity contribution < 1.29 is 4.79 Å². The van der Waals surface area contributed by atoms with Gasteiger partial charge in [-0.2, -0.15) is 5.10 Å². The third kappa shape index (κ3) is 3.63. The highest BCUT2D eigenvalue weighted by Crippen LogP contribution is 2.23. The molecule has 0 saturated carbocycles. The second-order valence-electron chi connectivity index (χ2n) is 5.09. The summed E-state index contributed by atoms with van der Waals surface area (Å²) in [5.41, 5.74) is 2.96. The standard InChI is InChI=1S/C17H13BrClN3O/c1-11-2-7-16(15(19)8-11)21-17(23)12-9-20-22(10-12)14-5-3-13(18)4-6-14/h2-10H,1H3,(H,21,23). The van der Waals surface area contributed by atoms with E-state index < -0.39 is 0 Å². The number of carbonyl (C=O) groups is 1. The molecule has 23 heavy (non-hydrogen) atoms. The van der Waals surface area contributed by atoms with Crippen LogP contribution in [0, 0.1) is 6.92 Å². The van der Waals surface area contributed by atoms with Crippen LogP contribution in [0.2, 0.25) is 5.02 Å². The lowest BCUT2D eigenvalue weighted by atomic mass is 10.2. The van der Waals surface area contributed by atoms with E-state index >= 15 is 0 Å². The summed E-state index contributed by atoms with van der Waals surface area (Å²) in [7, 11) is 0. The molecule has 1 amide bonds. The number of hydrogen-bond acceptors (Lipinski definition) is 2. The number of hydrogen-bond donors (Lipinski definition) is 1. The molecule has 1 N–H and O–H groups in total. The summed E-state index contributed by atoms with van der Waals surface area (Å²) >= 11 is 9.53. The molecule has 3 rings (SSSR count). The van der Waals surface area contributed by atoms with Gasteiger partial charge in [-0.15, -0.1) is 0 Å². The van der Waals surface area contributed by atoms with Crippen LogP contribution in [0.5, 0.6) is 0 Å². The molecule has 3 aromatic rings. The summed E-state index contributed by atoms with van der Waals surface area (Å²) < 4.78 is 2.64. The Morgan fingerprint density at radius 2 is 1.96 bits per heavy atom. The fraction of sp³-hybridized carbons (Fsp3) is 0.0588. The zero-order valence-electron chi connectivity index (χ0n) is 12.3. The lowest BCUT2D eigenvalue weighted by Gasteiger charge is -2.06. The van der Waals surface area contributed by atoms with E-state index in [0.717, 1.165) is 15.7 Å². The third-order valence-electron chi connectivity index (χ3n) is 3.31. The number of nitrogens with zero attached hydrogens (tertiary/aromatic N) is 2. The van der Waals surface area contributed by atoms with Gasteiger partial charge in [-0.25, -0.2) is 4.68 Å². The van der Waals surface area contributed by atoms with Gasteiger partial charge in [0.1, 0.15) is 0 Å². The molecule has 0 bridgehead atoms. The number of carbonyl (C=O) groups excluding carboxylic acids is 1. The number of anilines is 1. The van der Waals surface area contributed by atoms with Crippen molar-refractivity contribution in [3.63, 3.8) is 0 Å². The first-order valence-corrected chi connectivity index (χ1v) is 8.08. The van der Waals surface area contributed by atoms with E-state index in [0.29, 0.717) is 16.3 Å². The first kappa shape index (κ1) is 15.8. The van der Waals surface area contributed by atoms with E-state index in [-0.39, 0.29) is 5.91 Å². The van der Waals surface area contributed by atoms with Crippen LogP contribution in [0.3, 0.4) is 0 Å². The summed E-state index contributed by atoms with van der Waals surface area (Å²) in [5, 5.41) is 7.53. The van der Waals surface area contributed by atoms with Crippen LogP contribution in [0.15, 0.2) is 59.3 Å². The summed E-state index contributed by atoms with van der Waals surface area (Å²) in [6.07, 6.45) is 3.21. The molecular weight excluding hydrogens is 378 g/mol. The summed E-state index contributed by atoms with van der Waals surface area (Å²) in [5.74, 6) is -0.251. The number of halogens is 2. The fourth-order valence-electron chi connectivity index (χ4n) is 2.09. The smallest absolute Gasteiger partial charge is 0.258 e. The van der Waals surface area contributed by atoms with Crippen molar-refractivity contribution in [3.8, 4) is 5.69 Å². The van der Waals surface area contributed by atoms with Crippen LogP contribution in [-0.4, -0.2) is 15.7 Å². The van der Waals surface area contributed by atoms with E-state index in [1.807, 2.05) is 43.3 Å². The van der Waals surface area contributed by atoms with Crippen LogP contribution < -0.4 is 5.32 Å². The quantitative estimate of drug-likeness (QED) is 0.695. The van der Waals surface area contributed by atoms with E-state index in [1.165, 1.54) is 6.20 Å². The molecule has 1 aromatic heterocycles. The van der Waals surface area contributed by atoms with Gasteiger partial charge >= 0.3 is 0 Å². The molecule has 0 aliphatic carbocycles. The van der Waals surface area contributed by atoms with Crippen molar-refractivity contribution in [1.82, 2.24) is 9.78 Å². The van der Waals surface area contributed by atoms with Crippen molar-refractivity contribution in [2.45, 2.75) is 6.92 Å². The number of benzene rings is 2. The number of amides is 1. The molecule has 116 valence electrons. The van der Waals surface area contributed by atoms with Crippen LogP contribution in [0.4, 0.5) is 5.69 Å². The van der Waals surface area contributed by atoms with Gasteiger partial charge in [0, 0.05) is 10.7 Å². The Labute approximate surface area is 147 Å². The van der Waals surface area contributed by atoms with Crippen molar-refractivity contribution in [2.75, 3.05) is 5.32 Å². The zero-order chi connectivity index (χ0) is 16.4. The molecule has 1 heterocycles. The highest BCUT2D eigenvalue weighted by molar-refractivity contribution is 9.10. The average Bonchev–Trinajstić information content (AvgIpc) is 3.01. The van der Waals surface area contributed by atoms with Gasteiger partial charge in [0.05, 0.1) is 28.2 Å². The van der Waals surface area contributed by atoms with Crippen LogP contribution in [0.25, 0.3) is 5.69 Å². The van der Waals surface area contributed by atoms with Crippen LogP contribution in [0.1, 0.15) is 15.9 Å². The Kier molecular flexibility index (Phi) is 4.50. The van der Waals surface area contributed by atoms with Gasteiger partial charge in [0.15, 0.2) is 0 Å². The Morgan fingerprint density at radius 1 is 1.22 bits per heavy atom. The topological polar surface area (TPSA) is 46.9 Å². The van der Waals surface area contributed by atoms with Gasteiger partial charge in [0.2, 0.25) is 0 Å². The number of aromatic nitrogens is 2. The molecule has 0 spiro atoms. The molecule has 0 atom stereocenters. The van der Waals surface area contributed by atoms with Crippen LogP contribution in [-0.2, 0) is 0 Å². The van der Waals surface area contributed by atoms with Crippen molar-refractivity contribution in [3.05, 3.63) is 75.5 Å². The van der Waals surface area contributed by atoms with Gasteiger partial charge in [0.25, 0.3) is 5.91 Å². The zero-order valence-corrected chi connectivity index (χ0v) is 14.6. The van der Waals surface area contributed by atoms with Crippen molar-refractivity contribution in [2.24, 2.45) is 0 Å². The van der Waals surface area contributed by atoms with Gasteiger partial charge < -0.3 is 5.32 Å². The first-order chi connectivity index (χ1) is 11.0. The molecule has 4 nitrogen and oxygen atoms in total. The fourth-order valence-corrected chi connectivity index (χ4v) is 2.64. The summed E-state index contributed by atoms with van der Waals surface area (Å²) in [6.45, 7) is 1.94. The maximum absolute atomic E-state index is 12.3. The second kappa shape index (κ2) is 6.56. The third-order valence-corrected chi connectivity index (χ3v) is 4.15. The van der Waals surface area contributed by atoms with Gasteiger partial charge in [-0.1, -0.05) is 33.6 Å². The molecule has 0 aliphatic rings. The van der Waals surface area contributed by atoms with E-state index in [1.54, 1.807) is 16.9 Å². The number of nitrogens with one attached hydrogen (secondary N) is 1. The Hall–Kier alpha value is -2.11. The minimum Gasteiger partial charge on any atom is -0.321 e. The average molecular weight is 391 g/mol. The Bertz CT molecular complexity index is 859. The maximum Gasteiger partial charge on any atom is 0.258 e. The normalized spacial score (nSPS) is 10.6. The highest BCUT2D eigenvalue weighted by Gasteiger charge is 2.11. The molecule has 2 aromatic carbocycles. The van der Waals surface area contributed by atoms with E-state index in [4.69, 9.17) is 11.6 Å². The minimum absolute atomic E-state index is 0.251. The van der Waals surface area contributed by atoms with E-state index in [2.05, 4.69) is 26.3 Å². The van der Waals surface area contributed by atoms with E-state index in [9.17, 15) is 4.79 Å². The SMILES string of the molecule is Cc1ccc(NC(=O)c2cnn(-c3ccc(Br)cc3)c2)c(Cl)c1. The minimum atomic E-state index is -0.251. The number of aryl methyl sites for hydroxylation is 1. The number of rotatable bonds is 3. The monoisotopic (exact) mass is 389 g/mol. The molecule has 0 fully saturated rings. The summed E-state index contributed by atoms with van der Waals surface area (Å²) in [6, 6.07) is 13.2. The Morgan fingerprint density at radius 3 is 2.65 bits per heavy atom. The Balaban J connectivity index is 1.79. The largest absolute Gasteiger partial charge is 0.321 e. The molecule has 0 radical (unpaired) electrons. The van der Waals surface area contributed by atoms with Gasteiger partial charge in [-0.05, 0) is 48.9 Å². The molecule has 0 aliphatic heterocycles. The lowest BCUT2D eigenvalue weighted by molar-refractivity contribution is 0.102. The second-order valence-corrected chi connectivity index (χ2v) is 6.41. The predicted molar refractivity (Wildman–Crippen MR) is 95.4 cm³/mol. The van der Waals surface area contributed by atoms with Crippen molar-refractivity contribution in [1.29, 1.82) is 0 Å². The van der Waals surface area contributed by atoms with Crippen LogP contribution >= 0.6 is 27.5 Å². The van der Waals surface area contributed by atoms with Crippen molar-refractivity contribution >= 4 is 39.1 Å². The molecular formula is C17H13BrClN3O. The predicted octanol–water partition coefficient (Wildman–Crippen LogP) is 4.85. The first-order valence-electron chi connectivity index (χ1n) is 6.91. The lowest BCUT2D eigenvalue weighted by Crippen LogP contribution is -2.11. The molecule has 0 unspecified atom stereocenters. The highest BCUT2D eigenvalue weighted by atomic mass is 79.9. The molecule has 0 saturated heterocycles.